The van der Waals surface area contributed by atoms with E-state index in [0.717, 1.165) is 16.4 Å². The second kappa shape index (κ2) is 4.56. The molecule has 0 saturated carbocycles. The highest BCUT2D eigenvalue weighted by atomic mass is 19.1. The van der Waals surface area contributed by atoms with E-state index in [2.05, 4.69) is 9.97 Å². The molecule has 0 bridgehead atoms. The first-order valence-corrected chi connectivity index (χ1v) is 7.05. The van der Waals surface area contributed by atoms with Gasteiger partial charge in [0.2, 0.25) is 0 Å². The molecule has 0 saturated heterocycles. The highest BCUT2D eigenvalue weighted by Gasteiger charge is 2.17. The maximum Gasteiger partial charge on any atom is 0.252 e. The SMILES string of the molecule is Cc1c(-c2ccccc2F)c2[nH]c3ccccc3c2[nH]c1=O. The zero-order valence-electron chi connectivity index (χ0n) is 11.9. The molecule has 0 spiro atoms. The number of hydrogen-bond donors (Lipinski definition) is 2. The number of para-hydroxylation sites is 1. The molecule has 4 rings (SSSR count). The summed E-state index contributed by atoms with van der Waals surface area (Å²) in [5.74, 6) is -0.337. The monoisotopic (exact) mass is 292 g/mol. The fraction of sp³-hybridized carbons (Fsp3) is 0.0556. The first-order valence-electron chi connectivity index (χ1n) is 7.05. The summed E-state index contributed by atoms with van der Waals surface area (Å²) < 4.78 is 14.2. The van der Waals surface area contributed by atoms with Gasteiger partial charge in [0.25, 0.3) is 5.56 Å². The zero-order chi connectivity index (χ0) is 15.3. The van der Waals surface area contributed by atoms with Gasteiger partial charge in [-0.1, -0.05) is 36.4 Å². The second-order valence-corrected chi connectivity index (χ2v) is 5.35. The lowest BCUT2D eigenvalue weighted by Crippen LogP contribution is -2.11. The molecule has 0 amide bonds. The van der Waals surface area contributed by atoms with Gasteiger partial charge >= 0.3 is 0 Å². The molecule has 0 radical (unpaired) electrons. The van der Waals surface area contributed by atoms with Crippen LogP contribution in [0.4, 0.5) is 4.39 Å². The van der Waals surface area contributed by atoms with E-state index in [-0.39, 0.29) is 11.4 Å². The predicted octanol–water partition coefficient (Wildman–Crippen LogP) is 4.12. The van der Waals surface area contributed by atoms with Crippen molar-refractivity contribution in [1.29, 1.82) is 0 Å². The number of nitrogens with one attached hydrogen (secondary N) is 2. The van der Waals surface area contributed by atoms with Crippen LogP contribution in [0, 0.1) is 12.7 Å². The predicted molar refractivity (Wildman–Crippen MR) is 86.6 cm³/mol. The summed E-state index contributed by atoms with van der Waals surface area (Å²) in [5, 5.41) is 0.923. The summed E-state index contributed by atoms with van der Waals surface area (Å²) in [6.45, 7) is 1.71. The summed E-state index contributed by atoms with van der Waals surface area (Å²) in [7, 11) is 0. The summed E-state index contributed by atoms with van der Waals surface area (Å²) >= 11 is 0. The normalized spacial score (nSPS) is 11.4. The van der Waals surface area contributed by atoms with Gasteiger partial charge in [-0.25, -0.2) is 4.39 Å². The van der Waals surface area contributed by atoms with Gasteiger partial charge in [0, 0.05) is 27.6 Å². The number of aromatic nitrogens is 2. The zero-order valence-corrected chi connectivity index (χ0v) is 11.9. The molecule has 0 aliphatic carbocycles. The quantitative estimate of drug-likeness (QED) is 0.544. The Bertz CT molecular complexity index is 1080. The topological polar surface area (TPSA) is 48.6 Å². The van der Waals surface area contributed by atoms with Crippen LogP contribution in [0.15, 0.2) is 53.3 Å². The molecule has 3 nitrogen and oxygen atoms in total. The average Bonchev–Trinajstić information content (AvgIpc) is 2.88. The van der Waals surface area contributed by atoms with Crippen molar-refractivity contribution in [2.75, 3.05) is 0 Å². The van der Waals surface area contributed by atoms with E-state index >= 15 is 0 Å². The molecule has 4 aromatic rings. The lowest BCUT2D eigenvalue weighted by atomic mass is 10.00. The van der Waals surface area contributed by atoms with Gasteiger partial charge in [-0.2, -0.15) is 0 Å². The van der Waals surface area contributed by atoms with E-state index in [1.54, 1.807) is 25.1 Å². The van der Waals surface area contributed by atoms with Crippen molar-refractivity contribution in [3.05, 3.63) is 70.3 Å². The minimum Gasteiger partial charge on any atom is -0.353 e. The highest BCUT2D eigenvalue weighted by molar-refractivity contribution is 6.10. The number of hydrogen-bond acceptors (Lipinski definition) is 1. The molecule has 0 atom stereocenters. The molecule has 2 N–H and O–H groups in total. The third-order valence-corrected chi connectivity index (χ3v) is 4.05. The lowest BCUT2D eigenvalue weighted by Gasteiger charge is -2.08. The van der Waals surface area contributed by atoms with Crippen molar-refractivity contribution in [3.8, 4) is 11.1 Å². The molecule has 0 fully saturated rings. The maximum absolute atomic E-state index is 14.2. The Hall–Kier alpha value is -2.88. The number of halogens is 1. The minimum absolute atomic E-state index is 0.199. The van der Waals surface area contributed by atoms with Crippen molar-refractivity contribution in [2.24, 2.45) is 0 Å². The molecular weight excluding hydrogens is 279 g/mol. The average molecular weight is 292 g/mol. The van der Waals surface area contributed by atoms with Crippen molar-refractivity contribution in [3.63, 3.8) is 0 Å². The van der Waals surface area contributed by atoms with Crippen LogP contribution in [0.1, 0.15) is 5.56 Å². The molecule has 0 aliphatic rings. The second-order valence-electron chi connectivity index (χ2n) is 5.35. The van der Waals surface area contributed by atoms with Crippen molar-refractivity contribution < 1.29 is 4.39 Å². The number of aromatic amines is 2. The molecular formula is C18H13FN2O. The van der Waals surface area contributed by atoms with Gasteiger partial charge in [-0.05, 0) is 19.1 Å². The molecule has 2 aromatic carbocycles. The number of pyridine rings is 1. The fourth-order valence-corrected chi connectivity index (χ4v) is 2.97. The number of benzene rings is 2. The van der Waals surface area contributed by atoms with Gasteiger partial charge in [-0.15, -0.1) is 0 Å². The Kier molecular flexibility index (Phi) is 2.66. The van der Waals surface area contributed by atoms with E-state index in [4.69, 9.17) is 0 Å². The number of H-pyrrole nitrogens is 2. The summed E-state index contributed by atoms with van der Waals surface area (Å²) in [5.41, 5.74) is 3.74. The van der Waals surface area contributed by atoms with Gasteiger partial charge < -0.3 is 9.97 Å². The molecule has 0 unspecified atom stereocenters. The van der Waals surface area contributed by atoms with Gasteiger partial charge in [-0.3, -0.25) is 4.79 Å². The van der Waals surface area contributed by atoms with Gasteiger partial charge in [0.1, 0.15) is 5.82 Å². The van der Waals surface area contributed by atoms with Gasteiger partial charge in [0.15, 0.2) is 0 Å². The Balaban J connectivity index is 2.24. The van der Waals surface area contributed by atoms with E-state index < -0.39 is 0 Å². The van der Waals surface area contributed by atoms with Crippen molar-refractivity contribution >= 4 is 21.9 Å². The Morgan fingerprint density at radius 2 is 1.64 bits per heavy atom. The molecule has 108 valence electrons. The van der Waals surface area contributed by atoms with Crippen LogP contribution < -0.4 is 5.56 Å². The Labute approximate surface area is 125 Å². The van der Waals surface area contributed by atoms with Crippen molar-refractivity contribution in [1.82, 2.24) is 9.97 Å². The molecule has 0 aliphatic heterocycles. The van der Waals surface area contributed by atoms with E-state index in [9.17, 15) is 9.18 Å². The third-order valence-electron chi connectivity index (χ3n) is 4.05. The van der Waals surface area contributed by atoms with E-state index in [0.29, 0.717) is 22.2 Å². The van der Waals surface area contributed by atoms with Crippen molar-refractivity contribution in [2.45, 2.75) is 6.92 Å². The first kappa shape index (κ1) is 12.8. The van der Waals surface area contributed by atoms with Crippen LogP contribution >= 0.6 is 0 Å². The Morgan fingerprint density at radius 3 is 2.45 bits per heavy atom. The van der Waals surface area contributed by atoms with Crippen LogP contribution in [-0.2, 0) is 0 Å². The Morgan fingerprint density at radius 1 is 0.909 bits per heavy atom. The van der Waals surface area contributed by atoms with Crippen LogP contribution in [0.25, 0.3) is 33.1 Å². The lowest BCUT2D eigenvalue weighted by molar-refractivity contribution is 0.631. The maximum atomic E-state index is 14.2. The van der Waals surface area contributed by atoms with Gasteiger partial charge in [0.05, 0.1) is 11.0 Å². The minimum atomic E-state index is -0.337. The standard InChI is InChI=1S/C18H13FN2O/c1-10-15(11-6-2-4-8-13(11)19)17-16(21-18(10)22)12-7-3-5-9-14(12)20-17/h2-9,20H,1H3,(H,21,22). The largest absolute Gasteiger partial charge is 0.353 e. The number of rotatable bonds is 1. The number of fused-ring (bicyclic) bond motifs is 3. The van der Waals surface area contributed by atoms with Crippen LogP contribution in [0.2, 0.25) is 0 Å². The van der Waals surface area contributed by atoms with Crippen LogP contribution in [0.5, 0.6) is 0 Å². The molecule has 2 heterocycles. The molecule has 22 heavy (non-hydrogen) atoms. The van der Waals surface area contributed by atoms with E-state index in [1.807, 2.05) is 24.3 Å². The first-order chi connectivity index (χ1) is 10.7. The smallest absolute Gasteiger partial charge is 0.252 e. The van der Waals surface area contributed by atoms with Crippen LogP contribution in [0.3, 0.4) is 0 Å². The molecule has 4 heteroatoms. The highest BCUT2D eigenvalue weighted by Crippen LogP contribution is 2.33. The summed E-state index contributed by atoms with van der Waals surface area (Å²) in [6.07, 6.45) is 0. The van der Waals surface area contributed by atoms with Crippen LogP contribution in [-0.4, -0.2) is 9.97 Å². The third kappa shape index (κ3) is 1.70. The molecule has 2 aromatic heterocycles. The fourth-order valence-electron chi connectivity index (χ4n) is 2.97. The summed E-state index contributed by atoms with van der Waals surface area (Å²) in [4.78, 5) is 18.5. The summed E-state index contributed by atoms with van der Waals surface area (Å²) in [6, 6.07) is 14.2. The van der Waals surface area contributed by atoms with E-state index in [1.165, 1.54) is 6.07 Å².